The summed E-state index contributed by atoms with van der Waals surface area (Å²) in [5.41, 5.74) is 2.44. The van der Waals surface area contributed by atoms with E-state index in [1.54, 1.807) is 0 Å². The highest BCUT2D eigenvalue weighted by atomic mass is 32.2. The van der Waals surface area contributed by atoms with Gasteiger partial charge >= 0.3 is 0 Å². The van der Waals surface area contributed by atoms with Gasteiger partial charge in [-0.15, -0.1) is 0 Å². The standard InChI is InChI=1S/C16H22N2OS/c19-16(18-10-12-5-7-20-8-6-12)14-9-13-3-1-2-4-15(13)17-11-14/h1-4,12,14,17H,5-11H2,(H,18,19). The second-order valence-corrected chi connectivity index (χ2v) is 6.96. The molecule has 0 spiro atoms. The summed E-state index contributed by atoms with van der Waals surface area (Å²) in [5, 5.41) is 6.53. The van der Waals surface area contributed by atoms with Crippen LogP contribution >= 0.6 is 11.8 Å². The molecule has 0 radical (unpaired) electrons. The largest absolute Gasteiger partial charge is 0.384 e. The first-order chi connectivity index (χ1) is 9.83. The zero-order chi connectivity index (χ0) is 13.8. The molecule has 108 valence electrons. The Morgan fingerprint density at radius 3 is 2.95 bits per heavy atom. The van der Waals surface area contributed by atoms with Gasteiger partial charge < -0.3 is 10.6 Å². The molecule has 3 rings (SSSR count). The predicted molar refractivity (Wildman–Crippen MR) is 85.2 cm³/mol. The fraction of sp³-hybridized carbons (Fsp3) is 0.562. The summed E-state index contributed by atoms with van der Waals surface area (Å²) in [6.07, 6.45) is 3.35. The molecule has 0 saturated carbocycles. The van der Waals surface area contributed by atoms with Crippen molar-refractivity contribution in [2.75, 3.05) is 29.9 Å². The second kappa shape index (κ2) is 6.53. The van der Waals surface area contributed by atoms with E-state index < -0.39 is 0 Å². The van der Waals surface area contributed by atoms with Gasteiger partial charge in [0.05, 0.1) is 5.92 Å². The summed E-state index contributed by atoms with van der Waals surface area (Å²) in [5.74, 6) is 3.47. The van der Waals surface area contributed by atoms with Crippen LogP contribution in [0, 0.1) is 11.8 Å². The number of carbonyl (C=O) groups is 1. The molecule has 2 aliphatic rings. The van der Waals surface area contributed by atoms with Crippen LogP contribution in [0.25, 0.3) is 0 Å². The molecular formula is C16H22N2OS. The van der Waals surface area contributed by atoms with Crippen molar-refractivity contribution in [2.24, 2.45) is 11.8 Å². The predicted octanol–water partition coefficient (Wildman–Crippen LogP) is 2.53. The molecule has 1 aromatic carbocycles. The van der Waals surface area contributed by atoms with Crippen molar-refractivity contribution in [3.05, 3.63) is 29.8 Å². The van der Waals surface area contributed by atoms with Crippen molar-refractivity contribution in [1.29, 1.82) is 0 Å². The molecule has 2 heterocycles. The van der Waals surface area contributed by atoms with Crippen LogP contribution in [-0.2, 0) is 11.2 Å². The maximum Gasteiger partial charge on any atom is 0.225 e. The average Bonchev–Trinajstić information content (AvgIpc) is 2.53. The molecule has 0 bridgehead atoms. The SMILES string of the molecule is O=C(NCC1CCSCC1)C1CNc2ccccc2C1. The molecule has 1 unspecified atom stereocenters. The Morgan fingerprint density at radius 2 is 2.10 bits per heavy atom. The van der Waals surface area contributed by atoms with Crippen molar-refractivity contribution in [1.82, 2.24) is 5.32 Å². The molecule has 3 nitrogen and oxygen atoms in total. The second-order valence-electron chi connectivity index (χ2n) is 5.74. The van der Waals surface area contributed by atoms with Crippen LogP contribution in [0.5, 0.6) is 0 Å². The van der Waals surface area contributed by atoms with E-state index in [4.69, 9.17) is 0 Å². The van der Waals surface area contributed by atoms with Crippen LogP contribution in [0.1, 0.15) is 18.4 Å². The molecule has 0 aromatic heterocycles. The first-order valence-electron chi connectivity index (χ1n) is 7.50. The van der Waals surface area contributed by atoms with Crippen LogP contribution in [-0.4, -0.2) is 30.5 Å². The van der Waals surface area contributed by atoms with Gasteiger partial charge in [0.15, 0.2) is 0 Å². The quantitative estimate of drug-likeness (QED) is 0.899. The molecule has 20 heavy (non-hydrogen) atoms. The number of benzene rings is 1. The lowest BCUT2D eigenvalue weighted by atomic mass is 9.93. The van der Waals surface area contributed by atoms with E-state index in [0.717, 1.165) is 19.5 Å². The Morgan fingerprint density at radius 1 is 1.30 bits per heavy atom. The smallest absolute Gasteiger partial charge is 0.225 e. The Bertz CT molecular complexity index is 471. The molecule has 4 heteroatoms. The first-order valence-corrected chi connectivity index (χ1v) is 8.65. The molecule has 1 amide bonds. The summed E-state index contributed by atoms with van der Waals surface area (Å²) in [4.78, 5) is 12.3. The van der Waals surface area contributed by atoms with E-state index in [0.29, 0.717) is 5.92 Å². The number of nitrogens with one attached hydrogen (secondary N) is 2. The number of para-hydroxylation sites is 1. The van der Waals surface area contributed by atoms with Gasteiger partial charge in [0, 0.05) is 18.8 Å². The molecule has 2 aliphatic heterocycles. The minimum atomic E-state index is 0.0721. The van der Waals surface area contributed by atoms with Crippen LogP contribution in [0.4, 0.5) is 5.69 Å². The summed E-state index contributed by atoms with van der Waals surface area (Å²) in [6.45, 7) is 1.61. The fourth-order valence-electron chi connectivity index (χ4n) is 2.97. The van der Waals surface area contributed by atoms with Gasteiger partial charge in [0.25, 0.3) is 0 Å². The molecule has 1 aromatic rings. The van der Waals surface area contributed by atoms with Gasteiger partial charge in [-0.2, -0.15) is 11.8 Å². The minimum absolute atomic E-state index is 0.0721. The van der Waals surface area contributed by atoms with E-state index in [-0.39, 0.29) is 11.8 Å². The maximum atomic E-state index is 12.3. The number of rotatable bonds is 3. The van der Waals surface area contributed by atoms with E-state index in [1.807, 2.05) is 23.9 Å². The Kier molecular flexibility index (Phi) is 4.51. The Balaban J connectivity index is 1.51. The zero-order valence-electron chi connectivity index (χ0n) is 11.7. The lowest BCUT2D eigenvalue weighted by molar-refractivity contribution is -0.124. The van der Waals surface area contributed by atoms with E-state index in [1.165, 1.54) is 35.6 Å². The number of amides is 1. The highest BCUT2D eigenvalue weighted by Crippen LogP contribution is 2.25. The number of fused-ring (bicyclic) bond motifs is 1. The fourth-order valence-corrected chi connectivity index (χ4v) is 4.17. The first kappa shape index (κ1) is 13.8. The number of carbonyl (C=O) groups excluding carboxylic acids is 1. The van der Waals surface area contributed by atoms with Gasteiger partial charge in [-0.25, -0.2) is 0 Å². The third-order valence-electron chi connectivity index (χ3n) is 4.30. The molecule has 1 atom stereocenters. The van der Waals surface area contributed by atoms with Crippen molar-refractivity contribution in [2.45, 2.75) is 19.3 Å². The van der Waals surface area contributed by atoms with Crippen molar-refractivity contribution in [3.8, 4) is 0 Å². The summed E-state index contributed by atoms with van der Waals surface area (Å²) in [7, 11) is 0. The highest BCUT2D eigenvalue weighted by Gasteiger charge is 2.24. The van der Waals surface area contributed by atoms with Crippen molar-refractivity contribution < 1.29 is 4.79 Å². The number of thioether (sulfide) groups is 1. The third-order valence-corrected chi connectivity index (χ3v) is 5.35. The average molecular weight is 290 g/mol. The normalized spacial score (nSPS) is 22.7. The van der Waals surface area contributed by atoms with Gasteiger partial charge in [0.1, 0.15) is 0 Å². The zero-order valence-corrected chi connectivity index (χ0v) is 12.5. The lowest BCUT2D eigenvalue weighted by Crippen LogP contribution is -2.40. The van der Waals surface area contributed by atoms with Gasteiger partial charge in [-0.05, 0) is 48.3 Å². The van der Waals surface area contributed by atoms with Gasteiger partial charge in [-0.1, -0.05) is 18.2 Å². The number of hydrogen-bond acceptors (Lipinski definition) is 3. The van der Waals surface area contributed by atoms with Crippen LogP contribution in [0.3, 0.4) is 0 Å². The van der Waals surface area contributed by atoms with Crippen LogP contribution in [0.15, 0.2) is 24.3 Å². The molecule has 0 aliphatic carbocycles. The lowest BCUT2D eigenvalue weighted by Gasteiger charge is -2.27. The molecule has 1 saturated heterocycles. The molecular weight excluding hydrogens is 268 g/mol. The van der Waals surface area contributed by atoms with Crippen molar-refractivity contribution in [3.63, 3.8) is 0 Å². The minimum Gasteiger partial charge on any atom is -0.384 e. The van der Waals surface area contributed by atoms with Crippen molar-refractivity contribution >= 4 is 23.4 Å². The molecule has 2 N–H and O–H groups in total. The monoisotopic (exact) mass is 290 g/mol. The maximum absolute atomic E-state index is 12.3. The Labute approximate surface area is 124 Å². The topological polar surface area (TPSA) is 41.1 Å². The number of anilines is 1. The van der Waals surface area contributed by atoms with Crippen LogP contribution < -0.4 is 10.6 Å². The van der Waals surface area contributed by atoms with Gasteiger partial charge in [-0.3, -0.25) is 4.79 Å². The van der Waals surface area contributed by atoms with E-state index in [9.17, 15) is 4.79 Å². The summed E-state index contributed by atoms with van der Waals surface area (Å²) in [6, 6.07) is 8.27. The summed E-state index contributed by atoms with van der Waals surface area (Å²) < 4.78 is 0. The highest BCUT2D eigenvalue weighted by molar-refractivity contribution is 7.99. The summed E-state index contributed by atoms with van der Waals surface area (Å²) >= 11 is 2.03. The van der Waals surface area contributed by atoms with Crippen LogP contribution in [0.2, 0.25) is 0 Å². The van der Waals surface area contributed by atoms with E-state index in [2.05, 4.69) is 22.8 Å². The number of hydrogen-bond donors (Lipinski definition) is 2. The Hall–Kier alpha value is -1.16. The van der Waals surface area contributed by atoms with E-state index >= 15 is 0 Å². The third kappa shape index (κ3) is 3.29. The molecule has 1 fully saturated rings. The van der Waals surface area contributed by atoms with Gasteiger partial charge in [0.2, 0.25) is 5.91 Å².